The van der Waals surface area contributed by atoms with Crippen molar-refractivity contribution < 1.29 is 19.7 Å². The minimum atomic E-state index is -1.08. The molecule has 3 rings (SSSR count). The number of ketones is 1. The molecule has 3 aliphatic rings. The summed E-state index contributed by atoms with van der Waals surface area (Å²) in [7, 11) is 0. The van der Waals surface area contributed by atoms with E-state index in [0.29, 0.717) is 19.3 Å². The van der Waals surface area contributed by atoms with Gasteiger partial charge in [0.1, 0.15) is 5.60 Å². The van der Waals surface area contributed by atoms with Gasteiger partial charge in [0.05, 0.1) is 17.8 Å². The number of carbonyl (C=O) groups excluding carboxylic acids is 1. The van der Waals surface area contributed by atoms with Gasteiger partial charge in [-0.2, -0.15) is 0 Å². The van der Waals surface area contributed by atoms with E-state index in [1.165, 1.54) is 0 Å². The van der Waals surface area contributed by atoms with Crippen LogP contribution in [0.2, 0.25) is 0 Å². The predicted octanol–water partition coefficient (Wildman–Crippen LogP) is 2.86. The zero-order valence-electron chi connectivity index (χ0n) is 15.6. The van der Waals surface area contributed by atoms with Gasteiger partial charge in [0.2, 0.25) is 0 Å². The van der Waals surface area contributed by atoms with E-state index in [9.17, 15) is 15.0 Å². The molecule has 4 heteroatoms. The van der Waals surface area contributed by atoms with Crippen LogP contribution in [0.15, 0.2) is 12.7 Å². The number of ether oxygens (including phenoxy) is 1. The molecule has 7 atom stereocenters. The molecule has 0 unspecified atom stereocenters. The van der Waals surface area contributed by atoms with Crippen LogP contribution < -0.4 is 0 Å². The van der Waals surface area contributed by atoms with Crippen LogP contribution in [0.1, 0.15) is 60.3 Å². The van der Waals surface area contributed by atoms with Crippen LogP contribution in [0.3, 0.4) is 0 Å². The van der Waals surface area contributed by atoms with E-state index in [4.69, 9.17) is 4.74 Å². The molecule has 0 bridgehead atoms. The van der Waals surface area contributed by atoms with Crippen LogP contribution in [0.4, 0.5) is 0 Å². The van der Waals surface area contributed by atoms with Crippen molar-refractivity contribution in [1.82, 2.24) is 0 Å². The SMILES string of the molecule is C=C[C@@]1(C)C[C@H](O)[C@@H]2[C@@]3(C)[C@H](O)CCC(C)(C)[C@@H]3CC(=O)[C@@]2(C)O1. The summed E-state index contributed by atoms with van der Waals surface area (Å²) in [6.07, 6.45) is 2.85. The highest BCUT2D eigenvalue weighted by molar-refractivity contribution is 5.89. The van der Waals surface area contributed by atoms with E-state index < -0.39 is 34.7 Å². The van der Waals surface area contributed by atoms with E-state index in [1.54, 1.807) is 13.0 Å². The van der Waals surface area contributed by atoms with Crippen LogP contribution in [0.5, 0.6) is 0 Å². The van der Waals surface area contributed by atoms with Gasteiger partial charge in [-0.05, 0) is 38.0 Å². The third kappa shape index (κ3) is 2.19. The summed E-state index contributed by atoms with van der Waals surface area (Å²) in [5.74, 6) is -0.312. The summed E-state index contributed by atoms with van der Waals surface area (Å²) >= 11 is 0. The minimum absolute atomic E-state index is 0.0378. The highest BCUT2D eigenvalue weighted by Gasteiger charge is 2.69. The molecular formula is C20H32O4. The number of carbonyl (C=O) groups is 1. The fraction of sp³-hybridized carbons (Fsp3) is 0.850. The second-order valence-corrected chi connectivity index (χ2v) is 9.56. The molecule has 2 N–H and O–H groups in total. The van der Waals surface area contributed by atoms with Crippen molar-refractivity contribution in [3.63, 3.8) is 0 Å². The summed E-state index contributed by atoms with van der Waals surface area (Å²) in [4.78, 5) is 13.1. The number of hydrogen-bond donors (Lipinski definition) is 2. The Balaban J connectivity index is 2.14. The molecule has 0 radical (unpaired) electrons. The van der Waals surface area contributed by atoms with Crippen molar-refractivity contribution in [1.29, 1.82) is 0 Å². The first-order valence-electron chi connectivity index (χ1n) is 9.14. The van der Waals surface area contributed by atoms with E-state index >= 15 is 0 Å². The number of fused-ring (bicyclic) bond motifs is 3. The molecule has 2 aliphatic carbocycles. The molecule has 1 heterocycles. The first-order valence-corrected chi connectivity index (χ1v) is 9.14. The number of rotatable bonds is 1. The fourth-order valence-electron chi connectivity index (χ4n) is 6.23. The number of Topliss-reactive ketones (excluding diaryl/α,β-unsaturated/α-hetero) is 1. The van der Waals surface area contributed by atoms with Gasteiger partial charge in [-0.1, -0.05) is 26.8 Å². The molecule has 0 amide bonds. The van der Waals surface area contributed by atoms with Crippen LogP contribution in [0, 0.1) is 22.7 Å². The lowest BCUT2D eigenvalue weighted by Crippen LogP contribution is -2.73. The van der Waals surface area contributed by atoms with Gasteiger partial charge in [-0.3, -0.25) is 4.79 Å². The normalized spacial score (nSPS) is 53.9. The largest absolute Gasteiger partial charge is 0.393 e. The molecule has 4 nitrogen and oxygen atoms in total. The Bertz CT molecular complexity index is 570. The summed E-state index contributed by atoms with van der Waals surface area (Å²) in [6.45, 7) is 13.9. The Hall–Kier alpha value is -0.710. The maximum Gasteiger partial charge on any atom is 0.165 e. The maximum absolute atomic E-state index is 13.1. The predicted molar refractivity (Wildman–Crippen MR) is 92.4 cm³/mol. The zero-order chi connectivity index (χ0) is 18.1. The molecule has 2 saturated carbocycles. The van der Waals surface area contributed by atoms with Crippen LogP contribution in [-0.4, -0.2) is 39.4 Å². The topological polar surface area (TPSA) is 66.8 Å². The molecule has 0 aromatic rings. The Morgan fingerprint density at radius 1 is 1.21 bits per heavy atom. The Morgan fingerprint density at radius 3 is 2.42 bits per heavy atom. The average molecular weight is 336 g/mol. The zero-order valence-corrected chi connectivity index (χ0v) is 15.6. The highest BCUT2D eigenvalue weighted by atomic mass is 16.5. The van der Waals surface area contributed by atoms with Gasteiger partial charge >= 0.3 is 0 Å². The number of hydrogen-bond acceptors (Lipinski definition) is 4. The number of aliphatic hydroxyl groups is 2. The third-order valence-electron chi connectivity index (χ3n) is 7.56. The second-order valence-electron chi connectivity index (χ2n) is 9.56. The minimum Gasteiger partial charge on any atom is -0.393 e. The van der Waals surface area contributed by atoms with Gasteiger partial charge in [0.25, 0.3) is 0 Å². The quantitative estimate of drug-likeness (QED) is 0.723. The van der Waals surface area contributed by atoms with E-state index in [-0.39, 0.29) is 17.1 Å². The highest BCUT2D eigenvalue weighted by Crippen LogP contribution is 2.64. The van der Waals surface area contributed by atoms with Crippen molar-refractivity contribution in [3.05, 3.63) is 12.7 Å². The van der Waals surface area contributed by atoms with E-state index in [1.807, 2.05) is 6.92 Å². The fourth-order valence-corrected chi connectivity index (χ4v) is 6.23. The Morgan fingerprint density at radius 2 is 1.83 bits per heavy atom. The van der Waals surface area contributed by atoms with Gasteiger partial charge < -0.3 is 14.9 Å². The van der Waals surface area contributed by atoms with Crippen molar-refractivity contribution >= 4 is 5.78 Å². The summed E-state index contributed by atoms with van der Waals surface area (Å²) in [5.41, 5.74) is -2.38. The van der Waals surface area contributed by atoms with Gasteiger partial charge in [0, 0.05) is 24.2 Å². The van der Waals surface area contributed by atoms with Crippen molar-refractivity contribution in [2.45, 2.75) is 83.7 Å². The van der Waals surface area contributed by atoms with E-state index in [0.717, 1.165) is 6.42 Å². The summed E-state index contributed by atoms with van der Waals surface area (Å²) in [6, 6.07) is 0. The molecule has 0 spiro atoms. The molecule has 1 saturated heterocycles. The third-order valence-corrected chi connectivity index (χ3v) is 7.56. The van der Waals surface area contributed by atoms with Crippen molar-refractivity contribution in [2.75, 3.05) is 0 Å². The van der Waals surface area contributed by atoms with Gasteiger partial charge in [-0.25, -0.2) is 0 Å². The Kier molecular flexibility index (Phi) is 3.88. The van der Waals surface area contributed by atoms with Gasteiger partial charge in [-0.15, -0.1) is 6.58 Å². The van der Waals surface area contributed by atoms with E-state index in [2.05, 4.69) is 27.4 Å². The molecule has 1 aliphatic heterocycles. The average Bonchev–Trinajstić information content (AvgIpc) is 2.46. The van der Waals surface area contributed by atoms with Crippen molar-refractivity contribution in [3.8, 4) is 0 Å². The first kappa shape index (κ1) is 18.1. The van der Waals surface area contributed by atoms with Crippen LogP contribution in [0.25, 0.3) is 0 Å². The lowest BCUT2D eigenvalue weighted by atomic mass is 9.42. The van der Waals surface area contributed by atoms with Crippen LogP contribution >= 0.6 is 0 Å². The summed E-state index contributed by atoms with van der Waals surface area (Å²) < 4.78 is 6.29. The smallest absolute Gasteiger partial charge is 0.165 e. The maximum atomic E-state index is 13.1. The Labute approximate surface area is 145 Å². The second kappa shape index (κ2) is 5.15. The lowest BCUT2D eigenvalue weighted by Gasteiger charge is -2.66. The van der Waals surface area contributed by atoms with Gasteiger partial charge in [0.15, 0.2) is 5.78 Å². The molecule has 3 fully saturated rings. The summed E-state index contributed by atoms with van der Waals surface area (Å²) in [5, 5.41) is 22.0. The lowest BCUT2D eigenvalue weighted by molar-refractivity contribution is -0.283. The molecule has 24 heavy (non-hydrogen) atoms. The van der Waals surface area contributed by atoms with Crippen molar-refractivity contribution in [2.24, 2.45) is 22.7 Å². The van der Waals surface area contributed by atoms with Crippen LogP contribution in [-0.2, 0) is 9.53 Å². The monoisotopic (exact) mass is 336 g/mol. The first-order chi connectivity index (χ1) is 10.9. The number of aliphatic hydroxyl groups excluding tert-OH is 2. The molecule has 0 aromatic carbocycles. The molecule has 136 valence electrons. The molecule has 0 aromatic heterocycles. The molecular weight excluding hydrogens is 304 g/mol. The standard InChI is InChI=1S/C20H32O4/c1-7-18(4)11-12(21)16-19(5)13(10-15(23)20(16,6)24-18)17(2,3)9-8-14(19)22/h7,12-14,16,21-22H,1,8-11H2,2-6H3/t12-,13-,14+,16+,18-,19+,20+/m0/s1.